The molecule has 1 saturated heterocycles. The average Bonchev–Trinajstić information content (AvgIpc) is 2.54. The average molecular weight is 304 g/mol. The van der Waals surface area contributed by atoms with Gasteiger partial charge in [-0.15, -0.1) is 0 Å². The molecular weight excluding hydrogens is 288 g/mol. The van der Waals surface area contributed by atoms with Gasteiger partial charge >= 0.3 is 5.97 Å². The quantitative estimate of drug-likeness (QED) is 0.613. The molecule has 1 aromatic rings. The minimum atomic E-state index is -1.28. The van der Waals surface area contributed by atoms with Gasteiger partial charge in [-0.05, 0) is 30.3 Å². The van der Waals surface area contributed by atoms with E-state index in [1.54, 1.807) is 12.1 Å². The number of ketones is 1. The van der Waals surface area contributed by atoms with Gasteiger partial charge in [-0.3, -0.25) is 9.59 Å². The summed E-state index contributed by atoms with van der Waals surface area (Å²) < 4.78 is 5.28. The normalized spacial score (nSPS) is 14.8. The topological polar surface area (TPSA) is 95.9 Å². The van der Waals surface area contributed by atoms with E-state index in [2.05, 4.69) is 10.2 Å². The number of nitrogens with one attached hydrogen (secondary N) is 1. The van der Waals surface area contributed by atoms with Crippen molar-refractivity contribution in [1.29, 1.82) is 0 Å². The van der Waals surface area contributed by atoms with Crippen LogP contribution >= 0.6 is 0 Å². The Labute approximate surface area is 127 Å². The van der Waals surface area contributed by atoms with Gasteiger partial charge in [0.1, 0.15) is 0 Å². The first kappa shape index (κ1) is 15.7. The van der Waals surface area contributed by atoms with Crippen LogP contribution in [0.1, 0.15) is 0 Å². The number of aliphatic carboxylic acids is 1. The number of ether oxygens (including phenoxy) is 1. The molecule has 22 heavy (non-hydrogen) atoms. The summed E-state index contributed by atoms with van der Waals surface area (Å²) in [6.07, 6.45) is 1.35. The number of morpholine rings is 1. The van der Waals surface area contributed by atoms with Crippen LogP contribution in [0.3, 0.4) is 0 Å². The molecule has 2 N–H and O–H groups in total. The number of anilines is 2. The number of carbonyl (C=O) groups is 3. The molecule has 0 saturated carbocycles. The van der Waals surface area contributed by atoms with Gasteiger partial charge in [-0.1, -0.05) is 0 Å². The Kier molecular flexibility index (Phi) is 5.26. The highest BCUT2D eigenvalue weighted by Gasteiger charge is 2.13. The Morgan fingerprint density at radius 2 is 1.73 bits per heavy atom. The molecule has 0 spiro atoms. The molecule has 0 atom stereocenters. The summed E-state index contributed by atoms with van der Waals surface area (Å²) in [5.41, 5.74) is 1.48. The fourth-order valence-corrected chi connectivity index (χ4v) is 1.99. The largest absolute Gasteiger partial charge is 0.478 e. The summed E-state index contributed by atoms with van der Waals surface area (Å²) in [5, 5.41) is 10.8. The first-order valence-electron chi connectivity index (χ1n) is 6.75. The van der Waals surface area contributed by atoms with Crippen molar-refractivity contribution >= 4 is 29.0 Å². The first-order chi connectivity index (χ1) is 10.6. The zero-order chi connectivity index (χ0) is 15.9. The molecule has 7 heteroatoms. The molecule has 7 nitrogen and oxygen atoms in total. The lowest BCUT2D eigenvalue weighted by atomic mass is 10.2. The second-order valence-electron chi connectivity index (χ2n) is 4.64. The molecule has 1 aliphatic heterocycles. The molecule has 0 aromatic heterocycles. The number of carboxylic acids is 1. The molecule has 1 aliphatic rings. The summed E-state index contributed by atoms with van der Waals surface area (Å²) >= 11 is 0. The Bertz CT molecular complexity index is 588. The zero-order valence-corrected chi connectivity index (χ0v) is 11.8. The van der Waals surface area contributed by atoms with Crippen LogP contribution in [-0.2, 0) is 19.1 Å². The van der Waals surface area contributed by atoms with Crippen molar-refractivity contribution < 1.29 is 24.2 Å². The van der Waals surface area contributed by atoms with Crippen LogP contribution in [0.5, 0.6) is 0 Å². The molecule has 1 aromatic carbocycles. The molecule has 1 heterocycles. The highest BCUT2D eigenvalue weighted by molar-refractivity contribution is 6.44. The van der Waals surface area contributed by atoms with Crippen molar-refractivity contribution in [3.63, 3.8) is 0 Å². The predicted molar refractivity (Wildman–Crippen MR) is 79.9 cm³/mol. The number of hydrogen-bond donors (Lipinski definition) is 2. The summed E-state index contributed by atoms with van der Waals surface area (Å²) in [6, 6.07) is 7.07. The molecule has 1 amide bonds. The van der Waals surface area contributed by atoms with E-state index < -0.39 is 17.7 Å². The summed E-state index contributed by atoms with van der Waals surface area (Å²) in [5.74, 6) is -3.08. The van der Waals surface area contributed by atoms with Crippen molar-refractivity contribution in [3.05, 3.63) is 36.4 Å². The second-order valence-corrected chi connectivity index (χ2v) is 4.64. The zero-order valence-electron chi connectivity index (χ0n) is 11.8. The monoisotopic (exact) mass is 304 g/mol. The van der Waals surface area contributed by atoms with E-state index in [4.69, 9.17) is 9.84 Å². The number of hydrogen-bond acceptors (Lipinski definition) is 5. The Morgan fingerprint density at radius 3 is 2.32 bits per heavy atom. The SMILES string of the molecule is O=C(O)C=CC(=O)C(=O)Nc1ccc(N2CCOCC2)cc1. The fraction of sp³-hybridized carbons (Fsp3) is 0.267. The van der Waals surface area contributed by atoms with Crippen LogP contribution in [-0.4, -0.2) is 49.1 Å². The van der Waals surface area contributed by atoms with Crippen LogP contribution in [0.2, 0.25) is 0 Å². The maximum atomic E-state index is 11.6. The molecule has 1 fully saturated rings. The van der Waals surface area contributed by atoms with Crippen LogP contribution in [0, 0.1) is 0 Å². The number of carboxylic acid groups (broad SMARTS) is 1. The van der Waals surface area contributed by atoms with E-state index in [-0.39, 0.29) is 0 Å². The van der Waals surface area contributed by atoms with Crippen molar-refractivity contribution in [2.75, 3.05) is 36.5 Å². The molecule has 2 rings (SSSR count). The van der Waals surface area contributed by atoms with E-state index >= 15 is 0 Å². The lowest BCUT2D eigenvalue weighted by molar-refractivity contribution is -0.132. The number of rotatable bonds is 5. The van der Waals surface area contributed by atoms with Crippen LogP contribution < -0.4 is 10.2 Å². The van der Waals surface area contributed by atoms with E-state index in [0.29, 0.717) is 25.0 Å². The fourth-order valence-electron chi connectivity index (χ4n) is 1.99. The van der Waals surface area contributed by atoms with Gasteiger partial charge in [0.15, 0.2) is 0 Å². The van der Waals surface area contributed by atoms with Crippen LogP contribution in [0.25, 0.3) is 0 Å². The molecule has 0 unspecified atom stereocenters. The number of nitrogens with zero attached hydrogens (tertiary/aromatic N) is 1. The van der Waals surface area contributed by atoms with E-state index in [1.165, 1.54) is 0 Å². The maximum Gasteiger partial charge on any atom is 0.328 e. The second kappa shape index (κ2) is 7.37. The van der Waals surface area contributed by atoms with E-state index in [1.807, 2.05) is 12.1 Å². The van der Waals surface area contributed by atoms with Crippen LogP contribution in [0.15, 0.2) is 36.4 Å². The van der Waals surface area contributed by atoms with E-state index in [0.717, 1.165) is 24.9 Å². The third-order valence-corrected chi connectivity index (χ3v) is 3.10. The third-order valence-electron chi connectivity index (χ3n) is 3.10. The van der Waals surface area contributed by atoms with Gasteiger partial charge in [0.25, 0.3) is 5.91 Å². The lowest BCUT2D eigenvalue weighted by Crippen LogP contribution is -2.36. The van der Waals surface area contributed by atoms with Crippen molar-refractivity contribution in [1.82, 2.24) is 0 Å². The number of carbonyl (C=O) groups excluding carboxylic acids is 2. The third kappa shape index (κ3) is 4.42. The highest BCUT2D eigenvalue weighted by atomic mass is 16.5. The minimum absolute atomic E-state index is 0.471. The Morgan fingerprint density at radius 1 is 1.09 bits per heavy atom. The van der Waals surface area contributed by atoms with Gasteiger partial charge in [0, 0.05) is 30.5 Å². The molecule has 0 aliphatic carbocycles. The van der Waals surface area contributed by atoms with E-state index in [9.17, 15) is 14.4 Å². The van der Waals surface area contributed by atoms with Gasteiger partial charge in [0.2, 0.25) is 5.78 Å². The van der Waals surface area contributed by atoms with Gasteiger partial charge in [-0.25, -0.2) is 4.79 Å². The molecule has 0 radical (unpaired) electrons. The summed E-state index contributed by atoms with van der Waals surface area (Å²) in [6.45, 7) is 2.99. The first-order valence-corrected chi connectivity index (χ1v) is 6.75. The number of benzene rings is 1. The van der Waals surface area contributed by atoms with Gasteiger partial charge in [0.05, 0.1) is 13.2 Å². The van der Waals surface area contributed by atoms with Gasteiger partial charge in [-0.2, -0.15) is 0 Å². The predicted octanol–water partition coefficient (Wildman–Crippen LogP) is 0.672. The molecule has 0 bridgehead atoms. The summed E-state index contributed by atoms with van der Waals surface area (Å²) in [4.78, 5) is 35.4. The van der Waals surface area contributed by atoms with Crippen molar-refractivity contribution in [3.8, 4) is 0 Å². The lowest BCUT2D eigenvalue weighted by Gasteiger charge is -2.28. The Balaban J connectivity index is 1.94. The smallest absolute Gasteiger partial charge is 0.328 e. The summed E-state index contributed by atoms with van der Waals surface area (Å²) in [7, 11) is 0. The standard InChI is InChI=1S/C15H16N2O5/c18-13(5-6-14(19)20)15(21)16-11-1-3-12(4-2-11)17-7-9-22-10-8-17/h1-6H,7-10H2,(H,16,21)(H,19,20). The molecular formula is C15H16N2O5. The van der Waals surface area contributed by atoms with Crippen molar-refractivity contribution in [2.24, 2.45) is 0 Å². The van der Waals surface area contributed by atoms with Crippen molar-refractivity contribution in [2.45, 2.75) is 0 Å². The number of amides is 1. The minimum Gasteiger partial charge on any atom is -0.478 e. The van der Waals surface area contributed by atoms with Crippen LogP contribution in [0.4, 0.5) is 11.4 Å². The maximum absolute atomic E-state index is 11.6. The Hall–Kier alpha value is -2.67. The highest BCUT2D eigenvalue weighted by Crippen LogP contribution is 2.18. The molecule has 116 valence electrons. The van der Waals surface area contributed by atoms with Gasteiger partial charge < -0.3 is 20.1 Å².